The largest absolute Gasteiger partial charge is 0.313 e. The maximum Gasteiger partial charge on any atom is 0.0136 e. The van der Waals surface area contributed by atoms with Crippen LogP contribution in [-0.4, -0.2) is 12.6 Å². The summed E-state index contributed by atoms with van der Waals surface area (Å²) in [6.07, 6.45) is 3.92. The first-order valence-corrected chi connectivity index (χ1v) is 5.70. The van der Waals surface area contributed by atoms with E-state index in [1.807, 2.05) is 0 Å². The van der Waals surface area contributed by atoms with Crippen molar-refractivity contribution in [2.24, 2.45) is 0 Å². The normalized spacial score (nSPS) is 23.6. The molecule has 0 aromatic heterocycles. The highest BCUT2D eigenvalue weighted by atomic mass is 14.9. The molecule has 1 aromatic rings. The molecule has 0 radical (unpaired) electrons. The van der Waals surface area contributed by atoms with Gasteiger partial charge in [-0.05, 0) is 37.3 Å². The summed E-state index contributed by atoms with van der Waals surface area (Å²) in [5.41, 5.74) is 1.49. The molecule has 1 saturated heterocycles. The molecule has 2 unspecified atom stereocenters. The van der Waals surface area contributed by atoms with Crippen LogP contribution in [0.1, 0.15) is 37.7 Å². The molecular formula is C13H19N. The lowest BCUT2D eigenvalue weighted by atomic mass is 9.88. The van der Waals surface area contributed by atoms with Crippen LogP contribution in [0, 0.1) is 0 Å². The van der Waals surface area contributed by atoms with Crippen LogP contribution in [0.4, 0.5) is 0 Å². The molecule has 76 valence electrons. The van der Waals surface area contributed by atoms with Crippen molar-refractivity contribution in [3.63, 3.8) is 0 Å². The molecule has 1 nitrogen and oxygen atoms in total. The summed E-state index contributed by atoms with van der Waals surface area (Å²) in [7, 11) is 0. The van der Waals surface area contributed by atoms with Gasteiger partial charge in [0, 0.05) is 6.04 Å². The maximum absolute atomic E-state index is 3.61. The van der Waals surface area contributed by atoms with Gasteiger partial charge < -0.3 is 5.32 Å². The lowest BCUT2D eigenvalue weighted by molar-refractivity contribution is 0.477. The van der Waals surface area contributed by atoms with Crippen LogP contribution in [0.5, 0.6) is 0 Å². The van der Waals surface area contributed by atoms with Gasteiger partial charge in [0.2, 0.25) is 0 Å². The van der Waals surface area contributed by atoms with Crippen molar-refractivity contribution in [2.45, 2.75) is 38.1 Å². The second kappa shape index (κ2) is 4.61. The summed E-state index contributed by atoms with van der Waals surface area (Å²) in [5, 5.41) is 3.61. The summed E-state index contributed by atoms with van der Waals surface area (Å²) in [4.78, 5) is 0. The average molecular weight is 189 g/mol. The lowest BCUT2D eigenvalue weighted by Gasteiger charge is -2.22. The Balaban J connectivity index is 2.12. The fourth-order valence-electron chi connectivity index (χ4n) is 2.51. The molecule has 1 heterocycles. The van der Waals surface area contributed by atoms with E-state index in [4.69, 9.17) is 0 Å². The van der Waals surface area contributed by atoms with E-state index < -0.39 is 0 Å². The standard InChI is InChI=1S/C13H19N/c1-2-12(13-9-6-10-14-13)11-7-4-3-5-8-11/h3-5,7-8,12-14H,2,6,9-10H2,1H3. The molecule has 14 heavy (non-hydrogen) atoms. The maximum atomic E-state index is 3.61. The Kier molecular flexibility index (Phi) is 3.20. The molecule has 1 N–H and O–H groups in total. The van der Waals surface area contributed by atoms with Gasteiger partial charge in [0.05, 0.1) is 0 Å². The highest BCUT2D eigenvalue weighted by Crippen LogP contribution is 2.27. The van der Waals surface area contributed by atoms with Gasteiger partial charge in [-0.25, -0.2) is 0 Å². The number of hydrogen-bond acceptors (Lipinski definition) is 1. The van der Waals surface area contributed by atoms with Crippen molar-refractivity contribution in [1.82, 2.24) is 5.32 Å². The monoisotopic (exact) mass is 189 g/mol. The Morgan fingerprint density at radius 1 is 1.36 bits per heavy atom. The Labute approximate surface area is 86.5 Å². The van der Waals surface area contributed by atoms with Crippen molar-refractivity contribution in [2.75, 3.05) is 6.54 Å². The summed E-state index contributed by atoms with van der Waals surface area (Å²) in [6.45, 7) is 3.49. The third-order valence-corrected chi connectivity index (χ3v) is 3.25. The Morgan fingerprint density at radius 2 is 2.14 bits per heavy atom. The first-order chi connectivity index (χ1) is 6.92. The van der Waals surface area contributed by atoms with E-state index in [-0.39, 0.29) is 0 Å². The van der Waals surface area contributed by atoms with Crippen LogP contribution in [0.2, 0.25) is 0 Å². The zero-order valence-corrected chi connectivity index (χ0v) is 8.87. The molecular weight excluding hydrogens is 170 g/mol. The molecule has 1 fully saturated rings. The minimum atomic E-state index is 0.707. The lowest BCUT2D eigenvalue weighted by Crippen LogP contribution is -2.28. The number of rotatable bonds is 3. The molecule has 1 heteroatoms. The topological polar surface area (TPSA) is 12.0 Å². The molecule has 1 aliphatic heterocycles. The molecule has 1 aromatic carbocycles. The van der Waals surface area contributed by atoms with Crippen LogP contribution in [-0.2, 0) is 0 Å². The molecule has 1 aliphatic rings. The van der Waals surface area contributed by atoms with E-state index >= 15 is 0 Å². The van der Waals surface area contributed by atoms with Crippen molar-refractivity contribution >= 4 is 0 Å². The third kappa shape index (κ3) is 1.98. The minimum Gasteiger partial charge on any atom is -0.313 e. The van der Waals surface area contributed by atoms with Crippen molar-refractivity contribution < 1.29 is 0 Å². The highest BCUT2D eigenvalue weighted by Gasteiger charge is 2.23. The van der Waals surface area contributed by atoms with Crippen molar-refractivity contribution in [3.8, 4) is 0 Å². The van der Waals surface area contributed by atoms with Gasteiger partial charge >= 0.3 is 0 Å². The zero-order valence-electron chi connectivity index (χ0n) is 8.87. The molecule has 0 amide bonds. The minimum absolute atomic E-state index is 0.707. The third-order valence-electron chi connectivity index (χ3n) is 3.25. The molecule has 0 saturated carbocycles. The summed E-state index contributed by atoms with van der Waals surface area (Å²) >= 11 is 0. The van der Waals surface area contributed by atoms with Gasteiger partial charge in [-0.3, -0.25) is 0 Å². The Bertz CT molecular complexity index is 262. The molecule has 0 aliphatic carbocycles. The summed E-state index contributed by atoms with van der Waals surface area (Å²) in [5.74, 6) is 0.707. The van der Waals surface area contributed by atoms with Gasteiger partial charge in [-0.1, -0.05) is 37.3 Å². The fraction of sp³-hybridized carbons (Fsp3) is 0.538. The molecule has 2 rings (SSSR count). The van der Waals surface area contributed by atoms with E-state index in [2.05, 4.69) is 42.6 Å². The predicted octanol–water partition coefficient (Wildman–Crippen LogP) is 2.93. The number of hydrogen-bond donors (Lipinski definition) is 1. The first kappa shape index (κ1) is 9.72. The predicted molar refractivity (Wildman–Crippen MR) is 60.5 cm³/mol. The summed E-state index contributed by atoms with van der Waals surface area (Å²) in [6, 6.07) is 11.6. The van der Waals surface area contributed by atoms with E-state index in [9.17, 15) is 0 Å². The smallest absolute Gasteiger partial charge is 0.0136 e. The number of nitrogens with one attached hydrogen (secondary N) is 1. The average Bonchev–Trinajstić information content (AvgIpc) is 2.74. The molecule has 0 spiro atoms. The van der Waals surface area contributed by atoms with E-state index in [1.165, 1.54) is 31.4 Å². The SMILES string of the molecule is CCC(c1ccccc1)C1CCCN1. The van der Waals surface area contributed by atoms with Crippen molar-refractivity contribution in [3.05, 3.63) is 35.9 Å². The van der Waals surface area contributed by atoms with Gasteiger partial charge in [0.25, 0.3) is 0 Å². The van der Waals surface area contributed by atoms with E-state index in [1.54, 1.807) is 0 Å². The van der Waals surface area contributed by atoms with Crippen molar-refractivity contribution in [1.29, 1.82) is 0 Å². The Morgan fingerprint density at radius 3 is 2.71 bits per heavy atom. The Hall–Kier alpha value is -0.820. The van der Waals surface area contributed by atoms with Crippen LogP contribution >= 0.6 is 0 Å². The summed E-state index contributed by atoms with van der Waals surface area (Å²) < 4.78 is 0. The van der Waals surface area contributed by atoms with Crippen LogP contribution < -0.4 is 5.32 Å². The van der Waals surface area contributed by atoms with Gasteiger partial charge in [0.1, 0.15) is 0 Å². The highest BCUT2D eigenvalue weighted by molar-refractivity contribution is 5.21. The van der Waals surface area contributed by atoms with Gasteiger partial charge in [-0.15, -0.1) is 0 Å². The van der Waals surface area contributed by atoms with Gasteiger partial charge in [0.15, 0.2) is 0 Å². The van der Waals surface area contributed by atoms with E-state index in [0.29, 0.717) is 12.0 Å². The van der Waals surface area contributed by atoms with Crippen LogP contribution in [0.3, 0.4) is 0 Å². The fourth-order valence-corrected chi connectivity index (χ4v) is 2.51. The quantitative estimate of drug-likeness (QED) is 0.771. The second-order valence-corrected chi connectivity index (χ2v) is 4.13. The van der Waals surface area contributed by atoms with Gasteiger partial charge in [-0.2, -0.15) is 0 Å². The second-order valence-electron chi connectivity index (χ2n) is 4.13. The van der Waals surface area contributed by atoms with Crippen LogP contribution in [0.15, 0.2) is 30.3 Å². The molecule has 2 atom stereocenters. The zero-order chi connectivity index (χ0) is 9.80. The first-order valence-electron chi connectivity index (χ1n) is 5.70. The molecule has 0 bridgehead atoms. The number of benzene rings is 1. The van der Waals surface area contributed by atoms with Crippen LogP contribution in [0.25, 0.3) is 0 Å². The van der Waals surface area contributed by atoms with E-state index in [0.717, 1.165) is 0 Å².